The average molecular weight is 277 g/mol. The van der Waals surface area contributed by atoms with Crippen LogP contribution >= 0.6 is 11.6 Å². The first-order chi connectivity index (χ1) is 9.22. The van der Waals surface area contributed by atoms with E-state index in [-0.39, 0.29) is 0 Å². The maximum atomic E-state index is 6.09. The van der Waals surface area contributed by atoms with Gasteiger partial charge in [-0.05, 0) is 43.2 Å². The van der Waals surface area contributed by atoms with E-state index in [1.54, 1.807) is 6.20 Å². The van der Waals surface area contributed by atoms with Crippen molar-refractivity contribution in [3.63, 3.8) is 0 Å². The van der Waals surface area contributed by atoms with Crippen LogP contribution in [0.1, 0.15) is 19.4 Å². The molecule has 0 radical (unpaired) electrons. The quantitative estimate of drug-likeness (QED) is 0.872. The Bertz CT molecular complexity index is 558. The summed E-state index contributed by atoms with van der Waals surface area (Å²) in [6, 6.07) is 9.41. The number of halogens is 1. The molecule has 1 aromatic heterocycles. The molecule has 1 heterocycles. The lowest BCUT2D eigenvalue weighted by Crippen LogP contribution is -1.98. The normalized spacial score (nSPS) is 10.3. The Morgan fingerprint density at radius 3 is 2.68 bits per heavy atom. The third-order valence-corrected chi connectivity index (χ3v) is 3.09. The van der Waals surface area contributed by atoms with Gasteiger partial charge in [0.1, 0.15) is 17.3 Å². The van der Waals surface area contributed by atoms with Gasteiger partial charge in [0.15, 0.2) is 0 Å². The summed E-state index contributed by atoms with van der Waals surface area (Å²) in [5, 5.41) is 3.93. The van der Waals surface area contributed by atoms with Gasteiger partial charge in [0, 0.05) is 23.8 Å². The fourth-order valence-corrected chi connectivity index (χ4v) is 2.03. The van der Waals surface area contributed by atoms with Gasteiger partial charge in [0.25, 0.3) is 0 Å². The van der Waals surface area contributed by atoms with Crippen molar-refractivity contribution < 1.29 is 4.74 Å². The van der Waals surface area contributed by atoms with Crippen LogP contribution in [0.5, 0.6) is 11.5 Å². The molecule has 2 rings (SSSR count). The smallest absolute Gasteiger partial charge is 0.132 e. The van der Waals surface area contributed by atoms with Crippen LogP contribution in [0.2, 0.25) is 5.02 Å². The Morgan fingerprint density at radius 2 is 1.95 bits per heavy atom. The van der Waals surface area contributed by atoms with Crippen LogP contribution in [0.25, 0.3) is 0 Å². The van der Waals surface area contributed by atoms with Gasteiger partial charge in [-0.3, -0.25) is 0 Å². The fraction of sp³-hybridized carbons (Fsp3) is 0.267. The molecule has 1 N–H and O–H groups in total. The summed E-state index contributed by atoms with van der Waals surface area (Å²) in [7, 11) is 0. The van der Waals surface area contributed by atoms with E-state index < -0.39 is 0 Å². The maximum absolute atomic E-state index is 6.09. The molecule has 4 heteroatoms. The second-order valence-corrected chi connectivity index (χ2v) is 4.52. The molecule has 3 nitrogen and oxygen atoms in total. The molecule has 0 saturated heterocycles. The second kappa shape index (κ2) is 6.43. The van der Waals surface area contributed by atoms with Gasteiger partial charge in [0.2, 0.25) is 0 Å². The van der Waals surface area contributed by atoms with E-state index >= 15 is 0 Å². The lowest BCUT2D eigenvalue weighted by molar-refractivity contribution is 0.481. The van der Waals surface area contributed by atoms with Crippen molar-refractivity contribution in [1.29, 1.82) is 0 Å². The van der Waals surface area contributed by atoms with E-state index in [1.165, 1.54) is 0 Å². The van der Waals surface area contributed by atoms with Gasteiger partial charge in [-0.2, -0.15) is 0 Å². The molecule has 0 amide bonds. The second-order valence-electron chi connectivity index (χ2n) is 4.12. The number of anilines is 1. The summed E-state index contributed by atoms with van der Waals surface area (Å²) in [5.74, 6) is 2.36. The third kappa shape index (κ3) is 3.61. The van der Waals surface area contributed by atoms with Gasteiger partial charge < -0.3 is 10.1 Å². The Morgan fingerprint density at radius 1 is 1.16 bits per heavy atom. The van der Waals surface area contributed by atoms with Crippen LogP contribution in [-0.4, -0.2) is 11.5 Å². The van der Waals surface area contributed by atoms with E-state index in [0.717, 1.165) is 40.9 Å². The number of ether oxygens (including phenoxy) is 1. The summed E-state index contributed by atoms with van der Waals surface area (Å²) >= 11 is 6.09. The van der Waals surface area contributed by atoms with Gasteiger partial charge in [-0.25, -0.2) is 4.98 Å². The number of rotatable bonds is 5. The topological polar surface area (TPSA) is 34.1 Å². The molecule has 19 heavy (non-hydrogen) atoms. The highest BCUT2D eigenvalue weighted by Gasteiger charge is 2.03. The van der Waals surface area contributed by atoms with Crippen LogP contribution in [0.15, 0.2) is 36.5 Å². The Labute approximate surface area is 118 Å². The maximum Gasteiger partial charge on any atom is 0.132 e. The van der Waals surface area contributed by atoms with Crippen molar-refractivity contribution in [2.24, 2.45) is 0 Å². The Hall–Kier alpha value is -1.74. The number of hydrogen-bond acceptors (Lipinski definition) is 3. The number of benzene rings is 1. The SMILES string of the molecule is CCNc1cc(Oc2ccc(Cl)c(CC)c2)ccn1. The van der Waals surface area contributed by atoms with Crippen LogP contribution in [-0.2, 0) is 6.42 Å². The number of aryl methyl sites for hydroxylation is 1. The molecular formula is C15H17ClN2O. The molecule has 100 valence electrons. The fourth-order valence-electron chi connectivity index (χ4n) is 1.77. The van der Waals surface area contributed by atoms with Gasteiger partial charge >= 0.3 is 0 Å². The minimum Gasteiger partial charge on any atom is -0.457 e. The Kier molecular flexibility index (Phi) is 4.63. The molecule has 0 saturated carbocycles. The average Bonchev–Trinajstić information content (AvgIpc) is 2.42. The molecule has 0 fully saturated rings. The molecule has 1 aromatic carbocycles. The van der Waals surface area contributed by atoms with Crippen molar-refractivity contribution in [3.05, 3.63) is 47.1 Å². The Balaban J connectivity index is 2.18. The van der Waals surface area contributed by atoms with Gasteiger partial charge in [-0.1, -0.05) is 18.5 Å². The molecule has 0 aliphatic heterocycles. The third-order valence-electron chi connectivity index (χ3n) is 2.72. The first-order valence-electron chi connectivity index (χ1n) is 6.39. The highest BCUT2D eigenvalue weighted by molar-refractivity contribution is 6.31. The summed E-state index contributed by atoms with van der Waals surface area (Å²) in [5.41, 5.74) is 1.08. The minimum atomic E-state index is 0.760. The van der Waals surface area contributed by atoms with Gasteiger partial charge in [0.05, 0.1) is 0 Å². The molecule has 0 aliphatic carbocycles. The van der Waals surface area contributed by atoms with Crippen molar-refractivity contribution >= 4 is 17.4 Å². The van der Waals surface area contributed by atoms with E-state index in [1.807, 2.05) is 37.3 Å². The summed E-state index contributed by atoms with van der Waals surface area (Å²) in [6.07, 6.45) is 2.61. The molecule has 0 bridgehead atoms. The molecule has 2 aromatic rings. The zero-order chi connectivity index (χ0) is 13.7. The predicted molar refractivity (Wildman–Crippen MR) is 79.3 cm³/mol. The lowest BCUT2D eigenvalue weighted by Gasteiger charge is -2.09. The molecule has 0 unspecified atom stereocenters. The van der Waals surface area contributed by atoms with Crippen molar-refractivity contribution in [3.8, 4) is 11.5 Å². The number of hydrogen-bond donors (Lipinski definition) is 1. The molecule has 0 aliphatic rings. The van der Waals surface area contributed by atoms with Crippen LogP contribution in [0, 0.1) is 0 Å². The number of nitrogens with one attached hydrogen (secondary N) is 1. The highest BCUT2D eigenvalue weighted by Crippen LogP contribution is 2.27. The van der Waals surface area contributed by atoms with E-state index in [9.17, 15) is 0 Å². The molecule has 0 atom stereocenters. The number of nitrogens with zero attached hydrogens (tertiary/aromatic N) is 1. The number of aromatic nitrogens is 1. The van der Waals surface area contributed by atoms with E-state index in [4.69, 9.17) is 16.3 Å². The lowest BCUT2D eigenvalue weighted by atomic mass is 10.1. The molecular weight excluding hydrogens is 260 g/mol. The van der Waals surface area contributed by atoms with Crippen molar-refractivity contribution in [1.82, 2.24) is 4.98 Å². The van der Waals surface area contributed by atoms with Gasteiger partial charge in [-0.15, -0.1) is 0 Å². The predicted octanol–water partition coefficient (Wildman–Crippen LogP) is 4.52. The summed E-state index contributed by atoms with van der Waals surface area (Å²) in [4.78, 5) is 4.21. The largest absolute Gasteiger partial charge is 0.457 e. The van der Waals surface area contributed by atoms with Crippen LogP contribution in [0.4, 0.5) is 5.82 Å². The monoisotopic (exact) mass is 276 g/mol. The van der Waals surface area contributed by atoms with Crippen LogP contribution in [0.3, 0.4) is 0 Å². The minimum absolute atomic E-state index is 0.760. The van der Waals surface area contributed by atoms with E-state index in [2.05, 4.69) is 17.2 Å². The highest BCUT2D eigenvalue weighted by atomic mass is 35.5. The van der Waals surface area contributed by atoms with Crippen molar-refractivity contribution in [2.45, 2.75) is 20.3 Å². The zero-order valence-corrected chi connectivity index (χ0v) is 11.9. The number of pyridine rings is 1. The zero-order valence-electron chi connectivity index (χ0n) is 11.1. The van der Waals surface area contributed by atoms with Crippen molar-refractivity contribution in [2.75, 3.05) is 11.9 Å². The summed E-state index contributed by atoms with van der Waals surface area (Å²) in [6.45, 7) is 4.93. The first-order valence-corrected chi connectivity index (χ1v) is 6.77. The van der Waals surface area contributed by atoms with Crippen LogP contribution < -0.4 is 10.1 Å². The summed E-state index contributed by atoms with van der Waals surface area (Å²) < 4.78 is 5.82. The molecule has 0 spiro atoms. The first kappa shape index (κ1) is 13.7. The van der Waals surface area contributed by atoms with E-state index in [0.29, 0.717) is 0 Å². The standard InChI is InChI=1S/C15H17ClN2O/c1-3-11-9-12(5-6-14(11)16)19-13-7-8-18-15(10-13)17-4-2/h5-10H,3-4H2,1-2H3,(H,17,18).